The number of thiocarbonyl (C=S) groups is 1. The van der Waals surface area contributed by atoms with E-state index in [0.717, 1.165) is 16.5 Å². The summed E-state index contributed by atoms with van der Waals surface area (Å²) in [5, 5.41) is 7.35. The fourth-order valence-corrected chi connectivity index (χ4v) is 3.17. The van der Waals surface area contributed by atoms with Gasteiger partial charge in [-0.3, -0.25) is 15.1 Å². The van der Waals surface area contributed by atoms with E-state index in [9.17, 15) is 4.79 Å². The van der Waals surface area contributed by atoms with Crippen molar-refractivity contribution in [3.05, 3.63) is 83.7 Å². The van der Waals surface area contributed by atoms with Crippen LogP contribution in [-0.4, -0.2) is 16.0 Å². The van der Waals surface area contributed by atoms with Crippen LogP contribution in [0.1, 0.15) is 10.6 Å². The summed E-state index contributed by atoms with van der Waals surface area (Å²) >= 11 is 11.3. The molecule has 0 aliphatic carbocycles. The van der Waals surface area contributed by atoms with Crippen molar-refractivity contribution < 1.29 is 9.21 Å². The predicted molar refractivity (Wildman–Crippen MR) is 115 cm³/mol. The third-order valence-electron chi connectivity index (χ3n) is 4.05. The molecule has 28 heavy (non-hydrogen) atoms. The lowest BCUT2D eigenvalue weighted by Gasteiger charge is -2.10. The van der Waals surface area contributed by atoms with Crippen molar-refractivity contribution in [2.45, 2.75) is 0 Å². The van der Waals surface area contributed by atoms with Gasteiger partial charge < -0.3 is 9.73 Å². The van der Waals surface area contributed by atoms with Crippen LogP contribution >= 0.6 is 23.8 Å². The molecule has 4 aromatic rings. The molecule has 0 aliphatic heterocycles. The van der Waals surface area contributed by atoms with Gasteiger partial charge in [0, 0.05) is 22.2 Å². The number of fused-ring (bicyclic) bond motifs is 1. The normalized spacial score (nSPS) is 10.6. The second-order valence-corrected chi connectivity index (χ2v) is 6.81. The molecule has 0 spiro atoms. The van der Waals surface area contributed by atoms with Crippen molar-refractivity contribution in [1.29, 1.82) is 0 Å². The molecule has 0 fully saturated rings. The van der Waals surface area contributed by atoms with Crippen molar-refractivity contribution in [2.75, 3.05) is 5.32 Å². The fraction of sp³-hybridized carbons (Fsp3) is 0. The van der Waals surface area contributed by atoms with Gasteiger partial charge in [0.1, 0.15) is 5.76 Å². The molecule has 1 amide bonds. The Labute approximate surface area is 171 Å². The fourth-order valence-electron chi connectivity index (χ4n) is 2.78. The quantitative estimate of drug-likeness (QED) is 0.452. The van der Waals surface area contributed by atoms with Crippen LogP contribution in [0.3, 0.4) is 0 Å². The van der Waals surface area contributed by atoms with Crippen LogP contribution in [0.5, 0.6) is 0 Å². The highest BCUT2D eigenvalue weighted by atomic mass is 35.5. The number of hydrogen-bond donors (Lipinski definition) is 2. The predicted octanol–water partition coefficient (Wildman–Crippen LogP) is 5.28. The second kappa shape index (κ2) is 7.80. The first kappa shape index (κ1) is 18.2. The van der Waals surface area contributed by atoms with Crippen LogP contribution in [-0.2, 0) is 0 Å². The van der Waals surface area contributed by atoms with E-state index >= 15 is 0 Å². The highest BCUT2D eigenvalue weighted by molar-refractivity contribution is 7.80. The maximum absolute atomic E-state index is 12.4. The number of hydrogen-bond acceptors (Lipinski definition) is 4. The Bertz CT molecular complexity index is 1180. The summed E-state index contributed by atoms with van der Waals surface area (Å²) in [6.07, 6.45) is 1.70. The van der Waals surface area contributed by atoms with E-state index in [1.807, 2.05) is 42.5 Å². The Morgan fingerprint density at radius 3 is 2.71 bits per heavy atom. The van der Waals surface area contributed by atoms with E-state index in [-0.39, 0.29) is 10.9 Å². The van der Waals surface area contributed by atoms with Crippen LogP contribution in [0, 0.1) is 0 Å². The number of furan rings is 1. The summed E-state index contributed by atoms with van der Waals surface area (Å²) in [6, 6.07) is 20.0. The maximum atomic E-state index is 12.4. The third kappa shape index (κ3) is 3.88. The van der Waals surface area contributed by atoms with Crippen LogP contribution in [0.2, 0.25) is 5.02 Å². The Hall–Kier alpha value is -3.22. The van der Waals surface area contributed by atoms with Gasteiger partial charge in [-0.25, -0.2) is 0 Å². The van der Waals surface area contributed by atoms with E-state index < -0.39 is 5.91 Å². The number of carbonyl (C=O) groups excluding carboxylic acids is 1. The molecule has 0 unspecified atom stereocenters. The number of amides is 1. The topological polar surface area (TPSA) is 67.2 Å². The average molecular weight is 408 g/mol. The number of nitrogens with one attached hydrogen (secondary N) is 2. The summed E-state index contributed by atoms with van der Waals surface area (Å²) in [7, 11) is 0. The van der Waals surface area contributed by atoms with Gasteiger partial charge in [-0.2, -0.15) is 0 Å². The molecule has 0 aliphatic rings. The number of rotatable bonds is 3. The minimum absolute atomic E-state index is 0.148. The molecule has 0 atom stereocenters. The number of carbonyl (C=O) groups is 1. The largest absolute Gasteiger partial charge is 0.451 e. The Kier molecular flexibility index (Phi) is 5.06. The molecule has 138 valence electrons. The lowest BCUT2D eigenvalue weighted by Crippen LogP contribution is -2.33. The molecule has 2 heterocycles. The summed E-state index contributed by atoms with van der Waals surface area (Å²) in [5.41, 5.74) is 2.26. The molecule has 0 saturated carbocycles. The lowest BCUT2D eigenvalue weighted by atomic mass is 10.2. The first-order valence-electron chi connectivity index (χ1n) is 8.42. The highest BCUT2D eigenvalue weighted by Crippen LogP contribution is 2.25. The van der Waals surface area contributed by atoms with Crippen molar-refractivity contribution in [3.63, 3.8) is 0 Å². The molecular formula is C21H14ClN3O2S. The Balaban J connectivity index is 1.47. The molecule has 2 aromatic carbocycles. The number of aromatic nitrogens is 1. The first-order valence-corrected chi connectivity index (χ1v) is 9.20. The number of pyridine rings is 1. The molecule has 7 heteroatoms. The van der Waals surface area contributed by atoms with E-state index in [0.29, 0.717) is 16.5 Å². The van der Waals surface area contributed by atoms with Crippen molar-refractivity contribution in [2.24, 2.45) is 0 Å². The van der Waals surface area contributed by atoms with Crippen molar-refractivity contribution in [1.82, 2.24) is 10.3 Å². The lowest BCUT2D eigenvalue weighted by molar-refractivity contribution is 0.0951. The van der Waals surface area contributed by atoms with Crippen LogP contribution < -0.4 is 10.6 Å². The number of para-hydroxylation sites is 1. The van der Waals surface area contributed by atoms with Gasteiger partial charge in [0.25, 0.3) is 5.91 Å². The number of anilines is 1. The van der Waals surface area contributed by atoms with Gasteiger partial charge in [0.15, 0.2) is 10.9 Å². The zero-order valence-corrected chi connectivity index (χ0v) is 16.1. The zero-order chi connectivity index (χ0) is 19.5. The van der Waals surface area contributed by atoms with Crippen LogP contribution in [0.25, 0.3) is 22.2 Å². The molecule has 2 N–H and O–H groups in total. The summed E-state index contributed by atoms with van der Waals surface area (Å²) in [5.74, 6) is 0.249. The summed E-state index contributed by atoms with van der Waals surface area (Å²) < 4.78 is 5.64. The van der Waals surface area contributed by atoms with Gasteiger partial charge in [0.2, 0.25) is 0 Å². The molecule has 0 saturated heterocycles. The first-order chi connectivity index (χ1) is 13.6. The van der Waals surface area contributed by atoms with Crippen molar-refractivity contribution in [3.8, 4) is 11.3 Å². The number of halogens is 1. The maximum Gasteiger partial charge on any atom is 0.293 e. The zero-order valence-electron chi connectivity index (χ0n) is 14.5. The van der Waals surface area contributed by atoms with Gasteiger partial charge >= 0.3 is 0 Å². The smallest absolute Gasteiger partial charge is 0.293 e. The summed E-state index contributed by atoms with van der Waals surface area (Å²) in [4.78, 5) is 16.8. The minimum atomic E-state index is -0.445. The second-order valence-electron chi connectivity index (χ2n) is 5.96. The van der Waals surface area contributed by atoms with E-state index in [2.05, 4.69) is 15.6 Å². The van der Waals surface area contributed by atoms with E-state index in [1.165, 1.54) is 0 Å². The average Bonchev–Trinajstić information content (AvgIpc) is 3.19. The Morgan fingerprint density at radius 2 is 1.86 bits per heavy atom. The third-order valence-corrected chi connectivity index (χ3v) is 4.49. The van der Waals surface area contributed by atoms with Gasteiger partial charge in [-0.05, 0) is 48.6 Å². The summed E-state index contributed by atoms with van der Waals surface area (Å²) in [6.45, 7) is 0. The molecule has 0 radical (unpaired) electrons. The van der Waals surface area contributed by atoms with Gasteiger partial charge in [0.05, 0.1) is 11.2 Å². The SMILES string of the molecule is O=C(NC(=S)Nc1cccc2cccnc12)c1ccc(-c2cccc(Cl)c2)o1. The molecule has 4 rings (SSSR count). The van der Waals surface area contributed by atoms with E-state index in [1.54, 1.807) is 30.5 Å². The van der Waals surface area contributed by atoms with Gasteiger partial charge in [-0.1, -0.05) is 41.9 Å². The molecule has 2 aromatic heterocycles. The molecular weight excluding hydrogens is 394 g/mol. The van der Waals surface area contributed by atoms with Crippen molar-refractivity contribution >= 4 is 51.4 Å². The van der Waals surface area contributed by atoms with Gasteiger partial charge in [-0.15, -0.1) is 0 Å². The minimum Gasteiger partial charge on any atom is -0.451 e. The van der Waals surface area contributed by atoms with E-state index in [4.69, 9.17) is 28.2 Å². The monoisotopic (exact) mass is 407 g/mol. The van der Waals surface area contributed by atoms with Crippen LogP contribution in [0.4, 0.5) is 5.69 Å². The Morgan fingerprint density at radius 1 is 1.04 bits per heavy atom. The molecule has 0 bridgehead atoms. The van der Waals surface area contributed by atoms with Crippen LogP contribution in [0.15, 0.2) is 77.3 Å². The molecule has 5 nitrogen and oxygen atoms in total. The number of benzene rings is 2. The number of nitrogens with zero attached hydrogens (tertiary/aromatic N) is 1. The highest BCUT2D eigenvalue weighted by Gasteiger charge is 2.14. The standard InChI is InChI=1S/C21H14ClN3O2S/c22-15-7-1-5-14(12-15)17-9-10-18(27-17)20(26)25-21(28)24-16-8-2-4-13-6-3-11-23-19(13)16/h1-12H,(H2,24,25,26,28).